The van der Waals surface area contributed by atoms with E-state index in [2.05, 4.69) is 19.9 Å². The summed E-state index contributed by atoms with van der Waals surface area (Å²) < 4.78 is 50.7. The van der Waals surface area contributed by atoms with Crippen LogP contribution in [-0.2, 0) is 17.8 Å². The number of ether oxygens (including phenoxy) is 4. The Morgan fingerprint density at radius 1 is 0.457 bits per heavy atom. The highest BCUT2D eigenvalue weighted by Crippen LogP contribution is 2.48. The van der Waals surface area contributed by atoms with Crippen LogP contribution in [0.3, 0.4) is 0 Å². The zero-order valence-corrected chi connectivity index (χ0v) is 42.8. The molecule has 0 saturated heterocycles. The minimum absolute atomic E-state index is 0.00645. The number of halogens is 2. The first-order valence-electron chi connectivity index (χ1n) is 25.4. The van der Waals surface area contributed by atoms with E-state index < -0.39 is 59.4 Å². The Bertz CT molecular complexity index is 3950. The normalized spacial score (nSPS) is 12.7. The monoisotopic (exact) mass is 1080 g/mol. The number of imide groups is 2. The van der Waals surface area contributed by atoms with Crippen LogP contribution < -0.4 is 14.2 Å². The van der Waals surface area contributed by atoms with Crippen molar-refractivity contribution in [2.45, 2.75) is 32.2 Å². The van der Waals surface area contributed by atoms with Crippen LogP contribution in [0.5, 0.6) is 23.0 Å². The number of fused-ring (bicyclic) bond motifs is 4. The molecule has 0 spiro atoms. The molecule has 10 aromatic rings. The molecule has 0 radical (unpaired) electrons. The van der Waals surface area contributed by atoms with Crippen molar-refractivity contribution >= 4 is 51.9 Å². The van der Waals surface area contributed by atoms with Crippen molar-refractivity contribution in [1.82, 2.24) is 29.7 Å². The molecule has 16 nitrogen and oxygen atoms in total. The fourth-order valence-corrected chi connectivity index (χ4v) is 9.62. The van der Waals surface area contributed by atoms with E-state index in [0.717, 1.165) is 32.1 Å². The molecule has 0 bridgehead atoms. The predicted molar refractivity (Wildman–Crippen MR) is 290 cm³/mol. The molecule has 8 aromatic carbocycles. The van der Waals surface area contributed by atoms with Crippen LogP contribution in [0.1, 0.15) is 93.9 Å². The summed E-state index contributed by atoms with van der Waals surface area (Å²) in [6, 6.07) is 48.6. The third-order valence-corrected chi connectivity index (χ3v) is 13.4. The quantitative estimate of drug-likeness (QED) is 0.0612. The number of aromatic nitrogens is 4. The highest BCUT2D eigenvalue weighted by atomic mass is 19.1. The van der Waals surface area contributed by atoms with Crippen LogP contribution in [-0.4, -0.2) is 71.2 Å². The van der Waals surface area contributed by atoms with E-state index in [-0.39, 0.29) is 81.3 Å². The smallest absolute Gasteiger partial charge is 0.505 e. The molecule has 12 rings (SSSR count). The summed E-state index contributed by atoms with van der Waals surface area (Å²) in [6.45, 7) is 1.35. The number of phenolic OH excluding ortho intramolecular Hbond substituents is 1. The lowest BCUT2D eigenvalue weighted by molar-refractivity contribution is 0.0623. The molecule has 0 aliphatic carbocycles. The highest BCUT2D eigenvalue weighted by molar-refractivity contribution is 6.27. The number of hydrogen-bond acceptors (Lipinski definition) is 14. The molecule has 0 unspecified atom stereocenters. The van der Waals surface area contributed by atoms with E-state index in [1.807, 2.05) is 121 Å². The minimum Gasteiger partial charge on any atom is -0.505 e. The number of carbonyl (C=O) groups excluding carboxylic acids is 5. The van der Waals surface area contributed by atoms with Gasteiger partial charge in [0, 0.05) is 24.8 Å². The number of nitrogens with zero attached hydrogens (tertiary/aromatic N) is 6. The van der Waals surface area contributed by atoms with E-state index in [0.29, 0.717) is 11.1 Å². The van der Waals surface area contributed by atoms with Gasteiger partial charge in [-0.15, -0.1) is 0 Å². The van der Waals surface area contributed by atoms with Crippen molar-refractivity contribution in [2.24, 2.45) is 0 Å². The second-order valence-corrected chi connectivity index (χ2v) is 18.4. The van der Waals surface area contributed by atoms with E-state index in [1.165, 1.54) is 73.3 Å². The Kier molecular flexibility index (Phi) is 14.6. The minimum atomic E-state index is -1.07. The summed E-state index contributed by atoms with van der Waals surface area (Å²) in [5.74, 6) is -4.30. The average Bonchev–Trinajstić information content (AvgIpc) is 4.07. The number of benzene rings is 8. The van der Waals surface area contributed by atoms with Gasteiger partial charge in [0.25, 0.3) is 23.6 Å². The first-order valence-corrected chi connectivity index (χ1v) is 25.4. The Hall–Kier alpha value is -10.8. The number of rotatable bonds is 14. The summed E-state index contributed by atoms with van der Waals surface area (Å²) >= 11 is 0. The topological polar surface area (TPSA) is 201 Å². The Morgan fingerprint density at radius 3 is 1.16 bits per heavy atom. The third-order valence-electron chi connectivity index (χ3n) is 13.4. The molecular formula is C63H44F2N6O10. The van der Waals surface area contributed by atoms with Crippen molar-refractivity contribution in [1.29, 1.82) is 0 Å². The number of hydrogen-bond donors (Lipinski definition) is 1. The van der Waals surface area contributed by atoms with Gasteiger partial charge in [-0.2, -0.15) is 0 Å². The second kappa shape index (κ2) is 22.7. The zero-order valence-electron chi connectivity index (χ0n) is 42.8. The van der Waals surface area contributed by atoms with E-state index in [4.69, 9.17) is 18.9 Å². The fraction of sp³-hybridized carbons (Fsp3) is 0.0952. The molecule has 1 N–H and O–H groups in total. The maximum Gasteiger partial charge on any atom is 0.513 e. The Labute approximate surface area is 460 Å². The van der Waals surface area contributed by atoms with Gasteiger partial charge in [0.15, 0.2) is 23.0 Å². The van der Waals surface area contributed by atoms with Crippen molar-refractivity contribution < 1.29 is 56.8 Å². The van der Waals surface area contributed by atoms with Crippen LogP contribution in [0.4, 0.5) is 13.6 Å². The molecule has 0 atom stereocenters. The first-order chi connectivity index (χ1) is 39.5. The number of amides is 4. The van der Waals surface area contributed by atoms with Crippen molar-refractivity contribution in [3.8, 4) is 23.0 Å². The Balaban J connectivity index is 0.000000172. The highest BCUT2D eigenvalue weighted by Gasteiger charge is 2.46. The van der Waals surface area contributed by atoms with Gasteiger partial charge < -0.3 is 24.1 Å². The number of carbonyl (C=O) groups is 5. The lowest BCUT2D eigenvalue weighted by Gasteiger charge is -2.23. The first kappa shape index (κ1) is 52.3. The molecule has 2 aliphatic rings. The lowest BCUT2D eigenvalue weighted by atomic mass is 10.00. The maximum atomic E-state index is 14.1. The van der Waals surface area contributed by atoms with Gasteiger partial charge >= 0.3 is 6.16 Å². The summed E-state index contributed by atoms with van der Waals surface area (Å²) in [6.07, 6.45) is 3.18. The number of phenols is 1. The number of aromatic hydroxyl groups is 1. The van der Waals surface area contributed by atoms with Gasteiger partial charge in [-0.1, -0.05) is 146 Å². The molecule has 18 heteroatoms. The van der Waals surface area contributed by atoms with Gasteiger partial charge in [0.2, 0.25) is 0 Å². The molecular weight excluding hydrogens is 1040 g/mol. The predicted octanol–water partition coefficient (Wildman–Crippen LogP) is 11.7. The molecule has 4 heterocycles. The van der Waals surface area contributed by atoms with E-state index in [1.54, 1.807) is 6.92 Å². The van der Waals surface area contributed by atoms with Crippen LogP contribution in [0.15, 0.2) is 195 Å². The fourth-order valence-electron chi connectivity index (χ4n) is 9.62. The maximum absolute atomic E-state index is 14.1. The third kappa shape index (κ3) is 10.3. The molecule has 2 aromatic heterocycles. The van der Waals surface area contributed by atoms with Crippen molar-refractivity contribution in [3.05, 3.63) is 262 Å². The summed E-state index contributed by atoms with van der Waals surface area (Å²) in [5, 5.41) is 11.1. The van der Waals surface area contributed by atoms with Crippen molar-refractivity contribution in [2.75, 3.05) is 6.61 Å². The summed E-state index contributed by atoms with van der Waals surface area (Å²) in [4.78, 5) is 87.2. The average molecular weight is 1080 g/mol. The van der Waals surface area contributed by atoms with E-state index >= 15 is 0 Å². The Morgan fingerprint density at radius 2 is 0.778 bits per heavy atom. The van der Waals surface area contributed by atoms with Gasteiger partial charge in [-0.05, 0) is 64.6 Å². The van der Waals surface area contributed by atoms with Crippen LogP contribution in [0, 0.1) is 11.6 Å². The molecule has 2 aliphatic heterocycles. The van der Waals surface area contributed by atoms with Gasteiger partial charge in [0.1, 0.15) is 68.2 Å². The van der Waals surface area contributed by atoms with Gasteiger partial charge in [0.05, 0.1) is 19.7 Å². The van der Waals surface area contributed by atoms with Crippen molar-refractivity contribution in [3.63, 3.8) is 0 Å². The van der Waals surface area contributed by atoms with E-state index in [9.17, 15) is 37.9 Å². The second-order valence-electron chi connectivity index (χ2n) is 18.4. The zero-order chi connectivity index (χ0) is 56.1. The molecule has 0 fully saturated rings. The summed E-state index contributed by atoms with van der Waals surface area (Å²) in [5.41, 5.74) is 4.01. The summed E-state index contributed by atoms with van der Waals surface area (Å²) in [7, 11) is 0. The van der Waals surface area contributed by atoms with Crippen LogP contribution in [0.25, 0.3) is 22.1 Å². The molecule has 400 valence electrons. The molecule has 81 heavy (non-hydrogen) atoms. The van der Waals surface area contributed by atoms with Crippen LogP contribution >= 0.6 is 0 Å². The van der Waals surface area contributed by atoms with Crippen LogP contribution in [0.2, 0.25) is 0 Å². The molecule has 0 saturated carbocycles. The van der Waals surface area contributed by atoms with Gasteiger partial charge in [-0.25, -0.2) is 33.5 Å². The SMILES string of the molecule is CCOC(=O)Oc1c2c(c(OC(c3ccccc3)c3ccccc3)c3nccnc13)C(=O)N(Cc1ccc(F)cc1)C2=O.O=C1c2c(c(OC(c3ccccc3)c3ccccc3)c3nccnc3c2O)C(=O)N1Cc1ccc(F)cc1. The largest absolute Gasteiger partial charge is 0.513 e. The lowest BCUT2D eigenvalue weighted by Crippen LogP contribution is -2.29. The molecule has 4 amide bonds. The van der Waals surface area contributed by atoms with Gasteiger partial charge in [-0.3, -0.25) is 29.0 Å². The standard InChI is InChI=1S/C33H24FN3O6.C30H20FN3O4/c1-2-41-33(40)43-30-25-24(31(38)37(32(25)39)19-20-13-15-23(34)16-14-20)29(26-27(30)36-18-17-35-26)42-28(21-9-5-3-6-10-21)22-11-7-4-8-12-22;31-21-13-11-18(12-14-21)17-34-29(36)22-23(30(34)37)28(25-24(26(22)35)32-15-16-33-25)38-27(19-7-3-1-4-8-19)20-9-5-2-6-10-20/h3-18,28H,2,19H2,1H3;1-16,27,35H,17H2.